The van der Waals surface area contributed by atoms with Crippen molar-refractivity contribution in [2.24, 2.45) is 5.92 Å². The molecule has 0 radical (unpaired) electrons. The average molecular weight is 201 g/mol. The molecule has 66 valence electrons. The lowest BCUT2D eigenvalue weighted by molar-refractivity contribution is -0.144. The van der Waals surface area contributed by atoms with E-state index in [9.17, 15) is 13.2 Å². The molecule has 0 aromatic rings. The standard InChI is InChI=1S/C5H9ClO4S/c1-4(5(7)10-2)3-11(6,8)9/h4H,3H2,1-2H3/t4-/m1/s1. The van der Waals surface area contributed by atoms with Crippen LogP contribution >= 0.6 is 10.7 Å². The van der Waals surface area contributed by atoms with Gasteiger partial charge in [0.2, 0.25) is 9.05 Å². The Bertz CT molecular complexity index is 233. The Morgan fingerprint density at radius 3 is 2.36 bits per heavy atom. The Hall–Kier alpha value is -0.290. The van der Waals surface area contributed by atoms with Gasteiger partial charge in [-0.1, -0.05) is 6.92 Å². The van der Waals surface area contributed by atoms with Gasteiger partial charge in [0.25, 0.3) is 0 Å². The Morgan fingerprint density at radius 1 is 1.64 bits per heavy atom. The van der Waals surface area contributed by atoms with Crippen LogP contribution in [0, 0.1) is 5.92 Å². The zero-order valence-corrected chi connectivity index (χ0v) is 7.78. The molecule has 4 nitrogen and oxygen atoms in total. The van der Waals surface area contributed by atoms with Crippen LogP contribution in [0.5, 0.6) is 0 Å². The molecule has 0 aliphatic carbocycles. The summed E-state index contributed by atoms with van der Waals surface area (Å²) < 4.78 is 25.1. The quantitative estimate of drug-likeness (QED) is 0.488. The normalized spacial score (nSPS) is 14.1. The lowest BCUT2D eigenvalue weighted by Gasteiger charge is -2.04. The largest absolute Gasteiger partial charge is 0.469 e. The number of carbonyl (C=O) groups excluding carboxylic acids is 1. The maximum Gasteiger partial charge on any atom is 0.309 e. The molecule has 0 N–H and O–H groups in total. The maximum atomic E-state index is 10.6. The highest BCUT2D eigenvalue weighted by Crippen LogP contribution is 2.06. The summed E-state index contributed by atoms with van der Waals surface area (Å²) in [4.78, 5) is 10.6. The third-order valence-corrected chi connectivity index (χ3v) is 2.33. The molecule has 6 heteroatoms. The second-order valence-corrected chi connectivity index (χ2v) is 4.95. The number of hydrogen-bond donors (Lipinski definition) is 0. The minimum absolute atomic E-state index is 0.388. The zero-order valence-electron chi connectivity index (χ0n) is 6.20. The fraction of sp³-hybridized carbons (Fsp3) is 0.800. The third kappa shape index (κ3) is 5.03. The van der Waals surface area contributed by atoms with Crippen LogP contribution in [0.3, 0.4) is 0 Å². The van der Waals surface area contributed by atoms with Crippen molar-refractivity contribution >= 4 is 25.7 Å². The molecule has 11 heavy (non-hydrogen) atoms. The lowest BCUT2D eigenvalue weighted by atomic mass is 10.2. The van der Waals surface area contributed by atoms with E-state index >= 15 is 0 Å². The SMILES string of the molecule is COC(=O)[C@H](C)CS(=O)(=O)Cl. The van der Waals surface area contributed by atoms with Crippen LogP contribution in [0.2, 0.25) is 0 Å². The molecule has 0 amide bonds. The third-order valence-electron chi connectivity index (χ3n) is 1.05. The van der Waals surface area contributed by atoms with Crippen molar-refractivity contribution in [3.63, 3.8) is 0 Å². The summed E-state index contributed by atoms with van der Waals surface area (Å²) in [7, 11) is 2.48. The number of methoxy groups -OCH3 is 1. The van der Waals surface area contributed by atoms with E-state index in [1.807, 2.05) is 0 Å². The van der Waals surface area contributed by atoms with Gasteiger partial charge in [0.05, 0.1) is 18.8 Å². The van der Waals surface area contributed by atoms with E-state index in [0.29, 0.717) is 0 Å². The number of rotatable bonds is 3. The minimum atomic E-state index is -3.61. The molecule has 0 aromatic heterocycles. The van der Waals surface area contributed by atoms with E-state index in [2.05, 4.69) is 4.74 Å². The molecule has 1 atom stereocenters. The van der Waals surface area contributed by atoms with Gasteiger partial charge in [-0.3, -0.25) is 4.79 Å². The molecule has 0 saturated heterocycles. The van der Waals surface area contributed by atoms with Crippen LogP contribution in [0.25, 0.3) is 0 Å². The van der Waals surface area contributed by atoms with E-state index in [-0.39, 0.29) is 5.75 Å². The van der Waals surface area contributed by atoms with E-state index in [1.54, 1.807) is 0 Å². The predicted octanol–water partition coefficient (Wildman–Crippen LogP) is 0.364. The molecular weight excluding hydrogens is 192 g/mol. The molecule has 0 unspecified atom stereocenters. The Labute approximate surface area is 69.9 Å². The van der Waals surface area contributed by atoms with Crippen LogP contribution in [-0.2, 0) is 18.6 Å². The van der Waals surface area contributed by atoms with Crippen molar-refractivity contribution in [1.82, 2.24) is 0 Å². The van der Waals surface area contributed by atoms with E-state index < -0.39 is 20.9 Å². The Morgan fingerprint density at radius 2 is 2.09 bits per heavy atom. The molecule has 0 aliphatic heterocycles. The fourth-order valence-electron chi connectivity index (χ4n) is 0.568. The fourth-order valence-corrected chi connectivity index (χ4v) is 1.87. The van der Waals surface area contributed by atoms with Gasteiger partial charge in [0, 0.05) is 10.7 Å². The van der Waals surface area contributed by atoms with Gasteiger partial charge in [-0.15, -0.1) is 0 Å². The van der Waals surface area contributed by atoms with Gasteiger partial charge in [0.1, 0.15) is 0 Å². The van der Waals surface area contributed by atoms with Crippen LogP contribution < -0.4 is 0 Å². The van der Waals surface area contributed by atoms with Crippen molar-refractivity contribution in [2.75, 3.05) is 12.9 Å². The number of carbonyl (C=O) groups is 1. The molecular formula is C5H9ClO4S. The molecule has 0 fully saturated rings. The maximum absolute atomic E-state index is 10.6. The zero-order chi connectivity index (χ0) is 9.07. The van der Waals surface area contributed by atoms with Gasteiger partial charge in [-0.05, 0) is 0 Å². The highest BCUT2D eigenvalue weighted by Gasteiger charge is 2.19. The summed E-state index contributed by atoms with van der Waals surface area (Å²) in [6.07, 6.45) is 0. The van der Waals surface area contributed by atoms with Gasteiger partial charge in [0.15, 0.2) is 0 Å². The number of hydrogen-bond acceptors (Lipinski definition) is 4. The van der Waals surface area contributed by atoms with Crippen LogP contribution in [0.1, 0.15) is 6.92 Å². The molecule has 0 rings (SSSR count). The highest BCUT2D eigenvalue weighted by molar-refractivity contribution is 8.13. The van der Waals surface area contributed by atoms with Crippen LogP contribution in [-0.4, -0.2) is 27.2 Å². The van der Waals surface area contributed by atoms with E-state index in [4.69, 9.17) is 10.7 Å². The first kappa shape index (κ1) is 10.7. The van der Waals surface area contributed by atoms with Gasteiger partial charge in [-0.2, -0.15) is 0 Å². The van der Waals surface area contributed by atoms with Crippen molar-refractivity contribution in [1.29, 1.82) is 0 Å². The van der Waals surface area contributed by atoms with Crippen LogP contribution in [0.4, 0.5) is 0 Å². The molecule has 0 heterocycles. The molecule has 0 bridgehead atoms. The van der Waals surface area contributed by atoms with Crippen molar-refractivity contribution in [3.8, 4) is 0 Å². The Kier molecular flexibility index (Phi) is 3.82. The van der Waals surface area contributed by atoms with Gasteiger partial charge >= 0.3 is 5.97 Å². The molecule has 0 aliphatic rings. The highest BCUT2D eigenvalue weighted by atomic mass is 35.7. The summed E-state index contributed by atoms with van der Waals surface area (Å²) in [5, 5.41) is 0. The lowest BCUT2D eigenvalue weighted by Crippen LogP contribution is -2.19. The first-order chi connectivity index (χ1) is 4.87. The predicted molar refractivity (Wildman–Crippen MR) is 40.8 cm³/mol. The van der Waals surface area contributed by atoms with E-state index in [1.165, 1.54) is 14.0 Å². The first-order valence-electron chi connectivity index (χ1n) is 2.87. The Balaban J connectivity index is 4.09. The van der Waals surface area contributed by atoms with Crippen molar-refractivity contribution in [3.05, 3.63) is 0 Å². The monoisotopic (exact) mass is 200 g/mol. The number of esters is 1. The second kappa shape index (κ2) is 3.92. The molecule has 0 spiro atoms. The summed E-state index contributed by atoms with van der Waals surface area (Å²) in [5.41, 5.74) is 0. The number of ether oxygens (including phenoxy) is 1. The van der Waals surface area contributed by atoms with Crippen LogP contribution in [0.15, 0.2) is 0 Å². The molecule has 0 aromatic carbocycles. The second-order valence-electron chi connectivity index (χ2n) is 2.13. The summed E-state index contributed by atoms with van der Waals surface area (Å²) >= 11 is 0. The summed E-state index contributed by atoms with van der Waals surface area (Å²) in [5.74, 6) is -1.67. The van der Waals surface area contributed by atoms with Gasteiger partial charge in [-0.25, -0.2) is 8.42 Å². The average Bonchev–Trinajstić information content (AvgIpc) is 1.82. The first-order valence-corrected chi connectivity index (χ1v) is 5.35. The summed E-state index contributed by atoms with van der Waals surface area (Å²) in [6, 6.07) is 0. The van der Waals surface area contributed by atoms with Gasteiger partial charge < -0.3 is 4.74 Å². The topological polar surface area (TPSA) is 60.4 Å². The van der Waals surface area contributed by atoms with Crippen molar-refractivity contribution < 1.29 is 17.9 Å². The summed E-state index contributed by atoms with van der Waals surface area (Å²) in [6.45, 7) is 1.44. The molecule has 0 saturated carbocycles. The minimum Gasteiger partial charge on any atom is -0.469 e. The smallest absolute Gasteiger partial charge is 0.309 e. The number of halogens is 1. The van der Waals surface area contributed by atoms with E-state index in [0.717, 1.165) is 0 Å². The van der Waals surface area contributed by atoms with Crippen molar-refractivity contribution in [2.45, 2.75) is 6.92 Å².